The molecule has 0 aromatic heterocycles. The monoisotopic (exact) mass is 663 g/mol. The van der Waals surface area contributed by atoms with E-state index in [0.29, 0.717) is 25.1 Å². The molecule has 44 heavy (non-hydrogen) atoms. The second-order valence-corrected chi connectivity index (χ2v) is 14.1. The topological polar surface area (TPSA) is 90.4 Å². The first-order valence-corrected chi connectivity index (χ1v) is 16.1. The number of likely N-dealkylation sites (tertiary alicyclic amines) is 1. The number of rotatable bonds is 11. The Labute approximate surface area is 268 Å². The molecule has 0 radical (unpaired) electrons. The molecule has 9 heteroatoms. The van der Waals surface area contributed by atoms with Gasteiger partial charge in [-0.1, -0.05) is 88.7 Å². The average molecular weight is 665 g/mol. The van der Waals surface area contributed by atoms with Gasteiger partial charge in [-0.3, -0.25) is 14.4 Å². The number of benzene rings is 2. The molecule has 3 amide bonds. The maximum absolute atomic E-state index is 14.8. The number of halogens is 1. The molecule has 3 aliphatic rings. The maximum Gasteiger partial charge on any atom is 0.249 e. The summed E-state index contributed by atoms with van der Waals surface area (Å²) in [5.74, 6) is -2.56. The summed E-state index contributed by atoms with van der Waals surface area (Å²) < 4.78 is 6.78. The number of aliphatic hydroxyl groups excluding tert-OH is 1. The fourth-order valence-corrected chi connectivity index (χ4v) is 8.31. The van der Waals surface area contributed by atoms with Crippen molar-refractivity contribution in [3.8, 4) is 0 Å². The SMILES string of the molecule is C=CCN(Cc1ccccc1)C(=O)[C@H]1[C@@H]2OC3(CC2Br)C(C(=O)N(CC=C)C(C)(C)C)N([C@H](CO)c2ccccc2)C(=O)[C@H]13. The highest BCUT2D eigenvalue weighted by molar-refractivity contribution is 9.09. The van der Waals surface area contributed by atoms with Gasteiger partial charge in [-0.25, -0.2) is 0 Å². The molecule has 234 valence electrons. The first kappa shape index (κ1) is 32.1. The van der Waals surface area contributed by atoms with E-state index in [9.17, 15) is 19.5 Å². The number of aliphatic hydroxyl groups is 1. The summed E-state index contributed by atoms with van der Waals surface area (Å²) in [4.78, 5) is 48.7. The lowest BCUT2D eigenvalue weighted by Gasteiger charge is -2.43. The van der Waals surface area contributed by atoms with Gasteiger partial charge < -0.3 is 24.5 Å². The zero-order chi connectivity index (χ0) is 31.8. The second kappa shape index (κ2) is 12.6. The van der Waals surface area contributed by atoms with Gasteiger partial charge >= 0.3 is 0 Å². The number of hydrogen-bond acceptors (Lipinski definition) is 5. The number of amides is 3. The van der Waals surface area contributed by atoms with Crippen molar-refractivity contribution in [2.45, 2.75) is 67.9 Å². The van der Waals surface area contributed by atoms with E-state index in [2.05, 4.69) is 29.1 Å². The molecule has 1 spiro atoms. The van der Waals surface area contributed by atoms with Crippen LogP contribution in [0, 0.1) is 11.8 Å². The maximum atomic E-state index is 14.8. The summed E-state index contributed by atoms with van der Waals surface area (Å²) in [5.41, 5.74) is -0.188. The Kier molecular flexibility index (Phi) is 9.21. The minimum Gasteiger partial charge on any atom is -0.394 e. The summed E-state index contributed by atoms with van der Waals surface area (Å²) in [5, 5.41) is 10.8. The van der Waals surface area contributed by atoms with Gasteiger partial charge in [0.15, 0.2) is 0 Å². The minimum absolute atomic E-state index is 0.213. The van der Waals surface area contributed by atoms with Crippen molar-refractivity contribution in [3.05, 3.63) is 97.1 Å². The molecule has 3 heterocycles. The summed E-state index contributed by atoms with van der Waals surface area (Å²) in [6.07, 6.45) is 3.13. The number of nitrogens with zero attached hydrogens (tertiary/aromatic N) is 3. The van der Waals surface area contributed by atoms with Crippen molar-refractivity contribution in [2.75, 3.05) is 19.7 Å². The van der Waals surface area contributed by atoms with Gasteiger partial charge in [0.1, 0.15) is 11.6 Å². The van der Waals surface area contributed by atoms with Gasteiger partial charge in [-0.2, -0.15) is 0 Å². The molecule has 2 aromatic carbocycles. The Bertz CT molecular complexity index is 1400. The largest absolute Gasteiger partial charge is 0.394 e. The quantitative estimate of drug-likeness (QED) is 0.283. The van der Waals surface area contributed by atoms with E-state index in [1.54, 1.807) is 22.0 Å². The Morgan fingerprint density at radius 3 is 2.25 bits per heavy atom. The molecule has 2 aromatic rings. The number of carbonyl (C=O) groups excluding carboxylic acids is 3. The summed E-state index contributed by atoms with van der Waals surface area (Å²) in [6.45, 7) is 14.1. The lowest BCUT2D eigenvalue weighted by Crippen LogP contribution is -2.60. The third-order valence-corrected chi connectivity index (χ3v) is 10.0. The van der Waals surface area contributed by atoms with E-state index < -0.39 is 47.8 Å². The number of hydrogen-bond donors (Lipinski definition) is 1. The van der Waals surface area contributed by atoms with Crippen molar-refractivity contribution >= 4 is 33.7 Å². The molecule has 5 rings (SSSR count). The molecule has 3 fully saturated rings. The molecule has 0 aliphatic carbocycles. The molecule has 3 saturated heterocycles. The van der Waals surface area contributed by atoms with Crippen molar-refractivity contribution in [1.29, 1.82) is 0 Å². The van der Waals surface area contributed by atoms with Crippen molar-refractivity contribution in [2.24, 2.45) is 11.8 Å². The van der Waals surface area contributed by atoms with Gasteiger partial charge in [0.05, 0.1) is 30.6 Å². The molecule has 3 unspecified atom stereocenters. The normalized spacial score (nSPS) is 28.0. The lowest BCUT2D eigenvalue weighted by atomic mass is 9.70. The third kappa shape index (κ3) is 5.43. The van der Waals surface area contributed by atoms with Gasteiger partial charge in [-0.05, 0) is 38.3 Å². The van der Waals surface area contributed by atoms with Crippen LogP contribution in [0.3, 0.4) is 0 Å². The van der Waals surface area contributed by atoms with Crippen LogP contribution in [0.5, 0.6) is 0 Å². The Morgan fingerprint density at radius 1 is 1.07 bits per heavy atom. The van der Waals surface area contributed by atoms with Crippen LogP contribution in [0.15, 0.2) is 86.0 Å². The van der Waals surface area contributed by atoms with E-state index in [1.165, 1.54) is 4.90 Å². The molecule has 2 bridgehead atoms. The first-order chi connectivity index (χ1) is 21.0. The highest BCUT2D eigenvalue weighted by Crippen LogP contribution is 2.61. The molecule has 7 atom stereocenters. The van der Waals surface area contributed by atoms with Gasteiger partial charge in [0.25, 0.3) is 0 Å². The Morgan fingerprint density at radius 2 is 1.68 bits per heavy atom. The molecule has 8 nitrogen and oxygen atoms in total. The number of alkyl halides is 1. The second-order valence-electron chi connectivity index (χ2n) is 12.9. The van der Waals surface area contributed by atoms with Crippen LogP contribution in [0.25, 0.3) is 0 Å². The van der Waals surface area contributed by atoms with Crippen LogP contribution in [0.2, 0.25) is 0 Å². The van der Waals surface area contributed by atoms with Gasteiger partial charge in [0, 0.05) is 30.0 Å². The fraction of sp³-hybridized carbons (Fsp3) is 0.457. The van der Waals surface area contributed by atoms with E-state index in [4.69, 9.17) is 4.74 Å². The standard InChI is InChI=1S/C35H42BrN3O5/c1-6-18-37(21-23-14-10-8-11-15-23)31(41)27-28-32(42)39(26(22-40)24-16-12-9-13-17-24)30(35(28)20-25(36)29(27)44-35)33(43)38(19-7-2)34(3,4)5/h6-17,25-30,40H,1-2,18-22H2,3-5H3/t25?,26-,27-,28+,29-,30?,35?/m1/s1. The third-order valence-electron chi connectivity index (χ3n) is 9.20. The van der Waals surface area contributed by atoms with Crippen LogP contribution in [-0.2, 0) is 25.7 Å². The molecular formula is C35H42BrN3O5. The van der Waals surface area contributed by atoms with E-state index >= 15 is 0 Å². The van der Waals surface area contributed by atoms with Crippen LogP contribution < -0.4 is 0 Å². The summed E-state index contributed by atoms with van der Waals surface area (Å²) in [7, 11) is 0. The predicted octanol–water partition coefficient (Wildman–Crippen LogP) is 4.50. The Balaban J connectivity index is 1.62. The fourth-order valence-electron chi connectivity index (χ4n) is 7.37. The average Bonchev–Trinajstić information content (AvgIpc) is 3.59. The Hall–Kier alpha value is -3.27. The molecule has 1 N–H and O–H groups in total. The predicted molar refractivity (Wildman–Crippen MR) is 173 cm³/mol. The minimum atomic E-state index is -1.26. The zero-order valence-electron chi connectivity index (χ0n) is 25.6. The molecule has 0 saturated carbocycles. The van der Waals surface area contributed by atoms with Crippen LogP contribution in [0.4, 0.5) is 0 Å². The molecular weight excluding hydrogens is 622 g/mol. The van der Waals surface area contributed by atoms with Crippen molar-refractivity contribution < 1.29 is 24.2 Å². The van der Waals surface area contributed by atoms with Crippen LogP contribution >= 0.6 is 15.9 Å². The number of carbonyl (C=O) groups is 3. The smallest absolute Gasteiger partial charge is 0.249 e. The zero-order valence-corrected chi connectivity index (χ0v) is 27.2. The number of ether oxygens (including phenoxy) is 1. The van der Waals surface area contributed by atoms with Crippen molar-refractivity contribution in [1.82, 2.24) is 14.7 Å². The highest BCUT2D eigenvalue weighted by Gasteiger charge is 2.77. The van der Waals surface area contributed by atoms with Gasteiger partial charge in [0.2, 0.25) is 17.7 Å². The van der Waals surface area contributed by atoms with Crippen LogP contribution in [-0.4, -0.2) is 85.3 Å². The molecule has 3 aliphatic heterocycles. The van der Waals surface area contributed by atoms with E-state index in [1.807, 2.05) is 81.4 Å². The van der Waals surface area contributed by atoms with E-state index in [0.717, 1.165) is 5.56 Å². The first-order valence-electron chi connectivity index (χ1n) is 15.2. The number of fused-ring (bicyclic) bond motifs is 1. The van der Waals surface area contributed by atoms with Crippen molar-refractivity contribution in [3.63, 3.8) is 0 Å². The highest BCUT2D eigenvalue weighted by atomic mass is 79.9. The van der Waals surface area contributed by atoms with E-state index in [-0.39, 0.29) is 29.1 Å². The van der Waals surface area contributed by atoms with Gasteiger partial charge in [-0.15, -0.1) is 13.2 Å². The lowest BCUT2D eigenvalue weighted by molar-refractivity contribution is -0.155. The summed E-state index contributed by atoms with van der Waals surface area (Å²) >= 11 is 3.78. The van der Waals surface area contributed by atoms with Crippen LogP contribution in [0.1, 0.15) is 44.4 Å². The summed E-state index contributed by atoms with van der Waals surface area (Å²) in [6, 6.07) is 17.1.